The number of halogens is 1. The minimum Gasteiger partial charge on any atom is -0.467 e. The topological polar surface area (TPSA) is 78.1 Å². The lowest BCUT2D eigenvalue weighted by molar-refractivity contribution is -0.117. The fraction of sp³-hybridized carbons (Fsp3) is 0.176. The molecule has 0 aliphatic heterocycles. The van der Waals surface area contributed by atoms with Crippen LogP contribution in [0.1, 0.15) is 11.3 Å². The lowest BCUT2D eigenvalue weighted by Gasteiger charge is -2.05. The largest absolute Gasteiger partial charge is 0.467 e. The second-order valence-electron chi connectivity index (χ2n) is 4.73. The molecule has 1 heterocycles. The van der Waals surface area contributed by atoms with Gasteiger partial charge in [-0.2, -0.15) is 5.26 Å². The second-order valence-corrected chi connectivity index (χ2v) is 4.73. The average Bonchev–Trinajstić information content (AvgIpc) is 3.08. The van der Waals surface area contributed by atoms with Crippen molar-refractivity contribution >= 4 is 5.91 Å². The third kappa shape index (κ3) is 5.00. The summed E-state index contributed by atoms with van der Waals surface area (Å²) < 4.78 is 18.5. The number of carbonyl (C=O) groups is 1. The van der Waals surface area contributed by atoms with Crippen molar-refractivity contribution < 1.29 is 13.6 Å². The number of amides is 1. The van der Waals surface area contributed by atoms with Crippen LogP contribution in [-0.2, 0) is 17.8 Å². The van der Waals surface area contributed by atoms with E-state index >= 15 is 0 Å². The number of furan rings is 1. The summed E-state index contributed by atoms with van der Waals surface area (Å²) >= 11 is 0. The van der Waals surface area contributed by atoms with Crippen LogP contribution in [0.15, 0.2) is 58.9 Å². The Morgan fingerprint density at radius 3 is 2.83 bits per heavy atom. The van der Waals surface area contributed by atoms with Crippen LogP contribution >= 0.6 is 0 Å². The molecule has 0 fully saturated rings. The Bertz CT molecular complexity index is 718. The van der Waals surface area contributed by atoms with Gasteiger partial charge in [-0.25, -0.2) is 4.39 Å². The smallest absolute Gasteiger partial charge is 0.263 e. The molecule has 0 aliphatic carbocycles. The van der Waals surface area contributed by atoms with Gasteiger partial charge in [-0.15, -0.1) is 0 Å². The fourth-order valence-electron chi connectivity index (χ4n) is 1.91. The molecule has 118 valence electrons. The zero-order valence-electron chi connectivity index (χ0n) is 12.4. The van der Waals surface area contributed by atoms with E-state index < -0.39 is 5.91 Å². The number of nitriles is 1. The SMILES string of the molecule is N#C/C(=C/NCCc1ccccc1F)C(=O)NCc1ccco1. The Morgan fingerprint density at radius 1 is 1.30 bits per heavy atom. The number of nitrogens with zero attached hydrogens (tertiary/aromatic N) is 1. The van der Waals surface area contributed by atoms with Gasteiger partial charge in [-0.3, -0.25) is 4.79 Å². The third-order valence-electron chi connectivity index (χ3n) is 3.11. The molecular formula is C17H16FN3O2. The molecule has 1 amide bonds. The maximum atomic E-state index is 13.4. The van der Waals surface area contributed by atoms with E-state index in [2.05, 4.69) is 10.6 Å². The van der Waals surface area contributed by atoms with Gasteiger partial charge in [0.15, 0.2) is 0 Å². The van der Waals surface area contributed by atoms with Crippen LogP contribution < -0.4 is 10.6 Å². The van der Waals surface area contributed by atoms with Crippen molar-refractivity contribution in [3.63, 3.8) is 0 Å². The van der Waals surface area contributed by atoms with E-state index in [1.54, 1.807) is 30.3 Å². The lowest BCUT2D eigenvalue weighted by Crippen LogP contribution is -2.25. The Labute approximate surface area is 133 Å². The minimum absolute atomic E-state index is 0.0508. The van der Waals surface area contributed by atoms with Crippen LogP contribution in [0, 0.1) is 17.1 Å². The fourth-order valence-corrected chi connectivity index (χ4v) is 1.91. The average molecular weight is 313 g/mol. The molecule has 0 saturated carbocycles. The molecule has 0 aliphatic rings. The van der Waals surface area contributed by atoms with Gasteiger partial charge in [0.05, 0.1) is 12.8 Å². The highest BCUT2D eigenvalue weighted by Gasteiger charge is 2.09. The lowest BCUT2D eigenvalue weighted by atomic mass is 10.1. The molecule has 1 aromatic carbocycles. The van der Waals surface area contributed by atoms with E-state index in [0.717, 1.165) is 0 Å². The standard InChI is InChI=1S/C17H16FN3O2/c18-16-6-2-1-4-13(16)7-8-20-11-14(10-19)17(22)21-12-15-5-3-9-23-15/h1-6,9,11,20H,7-8,12H2,(H,21,22)/b14-11-. The maximum Gasteiger partial charge on any atom is 0.263 e. The van der Waals surface area contributed by atoms with Gasteiger partial charge in [-0.1, -0.05) is 18.2 Å². The Kier molecular flexibility index (Phi) is 5.95. The number of hydrogen-bond acceptors (Lipinski definition) is 4. The number of benzene rings is 1. The van der Waals surface area contributed by atoms with E-state index in [1.807, 2.05) is 6.07 Å². The van der Waals surface area contributed by atoms with Gasteiger partial charge < -0.3 is 15.1 Å². The molecule has 2 N–H and O–H groups in total. The van der Waals surface area contributed by atoms with Crippen LogP contribution in [0.25, 0.3) is 0 Å². The van der Waals surface area contributed by atoms with Gasteiger partial charge in [0.2, 0.25) is 0 Å². The zero-order valence-corrected chi connectivity index (χ0v) is 12.4. The van der Waals surface area contributed by atoms with Gasteiger partial charge in [0.1, 0.15) is 23.2 Å². The van der Waals surface area contributed by atoms with Gasteiger partial charge in [-0.05, 0) is 30.2 Å². The van der Waals surface area contributed by atoms with Gasteiger partial charge in [0.25, 0.3) is 5.91 Å². The molecule has 1 aromatic heterocycles. The van der Waals surface area contributed by atoms with Crippen LogP contribution in [-0.4, -0.2) is 12.5 Å². The molecule has 0 spiro atoms. The molecular weight excluding hydrogens is 297 g/mol. The predicted octanol–water partition coefficient (Wildman–Crippen LogP) is 2.27. The van der Waals surface area contributed by atoms with Crippen molar-refractivity contribution in [3.05, 3.63) is 71.6 Å². The summed E-state index contributed by atoms with van der Waals surface area (Å²) in [6.07, 6.45) is 3.29. The molecule has 2 rings (SSSR count). The summed E-state index contributed by atoms with van der Waals surface area (Å²) in [4.78, 5) is 11.8. The van der Waals surface area contributed by atoms with Crippen LogP contribution in [0.4, 0.5) is 4.39 Å². The van der Waals surface area contributed by atoms with Gasteiger partial charge in [0, 0.05) is 12.7 Å². The molecule has 2 aromatic rings. The Balaban J connectivity index is 1.80. The summed E-state index contributed by atoms with van der Waals surface area (Å²) in [5.41, 5.74) is 0.527. The van der Waals surface area contributed by atoms with Crippen LogP contribution in [0.2, 0.25) is 0 Å². The highest BCUT2D eigenvalue weighted by molar-refractivity contribution is 5.97. The molecule has 0 unspecified atom stereocenters. The molecule has 6 heteroatoms. The normalized spacial score (nSPS) is 10.9. The molecule has 0 bridgehead atoms. The van der Waals surface area contributed by atoms with Crippen molar-refractivity contribution in [1.29, 1.82) is 5.26 Å². The van der Waals surface area contributed by atoms with Crippen molar-refractivity contribution in [2.75, 3.05) is 6.54 Å². The van der Waals surface area contributed by atoms with Crippen LogP contribution in [0.5, 0.6) is 0 Å². The van der Waals surface area contributed by atoms with Crippen molar-refractivity contribution in [3.8, 4) is 6.07 Å². The molecule has 0 saturated heterocycles. The first-order valence-electron chi connectivity index (χ1n) is 7.08. The molecule has 0 radical (unpaired) electrons. The Morgan fingerprint density at radius 2 is 2.13 bits per heavy atom. The molecule has 23 heavy (non-hydrogen) atoms. The molecule has 5 nitrogen and oxygen atoms in total. The second kappa shape index (κ2) is 8.39. The van der Waals surface area contributed by atoms with Gasteiger partial charge >= 0.3 is 0 Å². The summed E-state index contributed by atoms with van der Waals surface area (Å²) in [5.74, 6) is -0.166. The van der Waals surface area contributed by atoms with E-state index in [4.69, 9.17) is 9.68 Å². The minimum atomic E-state index is -0.498. The predicted molar refractivity (Wildman–Crippen MR) is 82.4 cm³/mol. The summed E-state index contributed by atoms with van der Waals surface area (Å²) in [5, 5.41) is 14.4. The number of rotatable bonds is 7. The third-order valence-corrected chi connectivity index (χ3v) is 3.11. The first-order chi connectivity index (χ1) is 11.2. The zero-order chi connectivity index (χ0) is 16.5. The highest BCUT2D eigenvalue weighted by Crippen LogP contribution is 2.06. The summed E-state index contributed by atoms with van der Waals surface area (Å²) in [7, 11) is 0. The first kappa shape index (κ1) is 16.3. The van der Waals surface area contributed by atoms with E-state index in [0.29, 0.717) is 24.3 Å². The van der Waals surface area contributed by atoms with Crippen molar-refractivity contribution in [1.82, 2.24) is 10.6 Å². The van der Waals surface area contributed by atoms with E-state index in [1.165, 1.54) is 18.5 Å². The van der Waals surface area contributed by atoms with Crippen molar-refractivity contribution in [2.24, 2.45) is 0 Å². The number of hydrogen-bond donors (Lipinski definition) is 2. The van der Waals surface area contributed by atoms with Crippen LogP contribution in [0.3, 0.4) is 0 Å². The Hall–Kier alpha value is -3.07. The maximum absolute atomic E-state index is 13.4. The quantitative estimate of drug-likeness (QED) is 0.467. The van der Waals surface area contributed by atoms with E-state index in [-0.39, 0.29) is 17.9 Å². The summed E-state index contributed by atoms with van der Waals surface area (Å²) in [6.45, 7) is 0.623. The molecule has 0 atom stereocenters. The van der Waals surface area contributed by atoms with E-state index in [9.17, 15) is 9.18 Å². The number of nitrogens with one attached hydrogen (secondary N) is 2. The number of carbonyl (C=O) groups excluding carboxylic acids is 1. The summed E-state index contributed by atoms with van der Waals surface area (Å²) in [6, 6.07) is 11.7. The monoisotopic (exact) mass is 313 g/mol. The first-order valence-corrected chi connectivity index (χ1v) is 7.08. The highest BCUT2D eigenvalue weighted by atomic mass is 19.1. The van der Waals surface area contributed by atoms with Crippen molar-refractivity contribution in [2.45, 2.75) is 13.0 Å².